The number of rotatable bonds is 6. The van der Waals surface area contributed by atoms with E-state index in [0.717, 1.165) is 23.4 Å². The first-order chi connectivity index (χ1) is 10.5. The van der Waals surface area contributed by atoms with Gasteiger partial charge in [-0.25, -0.2) is 4.98 Å². The highest BCUT2D eigenvalue weighted by Gasteiger charge is 2.30. The predicted molar refractivity (Wildman–Crippen MR) is 90.8 cm³/mol. The van der Waals surface area contributed by atoms with Gasteiger partial charge < -0.3 is 19.8 Å². The number of benzene rings is 1. The van der Waals surface area contributed by atoms with Gasteiger partial charge in [0.1, 0.15) is 5.82 Å². The lowest BCUT2D eigenvalue weighted by Gasteiger charge is -2.15. The summed E-state index contributed by atoms with van der Waals surface area (Å²) in [5.41, 5.74) is 7.76. The van der Waals surface area contributed by atoms with E-state index in [-0.39, 0.29) is 5.92 Å². The SMILES string of the molecule is COc1cc2nc(C3CC3)n(CC(C)C(N)=S)c2cc1OC. The van der Waals surface area contributed by atoms with Crippen LogP contribution in [0.3, 0.4) is 0 Å². The summed E-state index contributed by atoms with van der Waals surface area (Å²) in [5, 5.41) is 0. The predicted octanol–water partition coefficient (Wildman–Crippen LogP) is 2.85. The maximum absolute atomic E-state index is 5.79. The van der Waals surface area contributed by atoms with Crippen molar-refractivity contribution in [1.29, 1.82) is 0 Å². The van der Waals surface area contributed by atoms with Gasteiger partial charge in [-0.05, 0) is 12.8 Å². The minimum absolute atomic E-state index is 0.123. The minimum Gasteiger partial charge on any atom is -0.493 e. The zero-order valence-corrected chi connectivity index (χ0v) is 13.9. The summed E-state index contributed by atoms with van der Waals surface area (Å²) in [5.74, 6) is 3.19. The molecule has 22 heavy (non-hydrogen) atoms. The number of hydrogen-bond acceptors (Lipinski definition) is 4. The van der Waals surface area contributed by atoms with Crippen molar-refractivity contribution in [2.75, 3.05) is 14.2 Å². The number of hydrogen-bond donors (Lipinski definition) is 1. The lowest BCUT2D eigenvalue weighted by molar-refractivity contribution is 0.355. The van der Waals surface area contributed by atoms with E-state index in [1.165, 1.54) is 12.8 Å². The fourth-order valence-electron chi connectivity index (χ4n) is 2.68. The average molecular weight is 319 g/mol. The molecule has 2 aromatic rings. The first kappa shape index (κ1) is 15.1. The van der Waals surface area contributed by atoms with Gasteiger partial charge in [0.15, 0.2) is 11.5 Å². The van der Waals surface area contributed by atoms with Crippen LogP contribution >= 0.6 is 12.2 Å². The highest BCUT2D eigenvalue weighted by atomic mass is 32.1. The molecule has 3 rings (SSSR count). The maximum atomic E-state index is 5.79. The van der Waals surface area contributed by atoms with E-state index in [1.807, 2.05) is 19.1 Å². The Bertz CT molecular complexity index is 722. The van der Waals surface area contributed by atoms with Gasteiger partial charge in [-0.1, -0.05) is 19.1 Å². The van der Waals surface area contributed by atoms with Gasteiger partial charge in [0.25, 0.3) is 0 Å². The van der Waals surface area contributed by atoms with Crippen molar-refractivity contribution in [3.63, 3.8) is 0 Å². The van der Waals surface area contributed by atoms with Gasteiger partial charge >= 0.3 is 0 Å². The summed E-state index contributed by atoms with van der Waals surface area (Å²) in [4.78, 5) is 5.35. The quantitative estimate of drug-likeness (QED) is 0.830. The van der Waals surface area contributed by atoms with Crippen LogP contribution in [0.25, 0.3) is 11.0 Å². The molecule has 0 amide bonds. The van der Waals surface area contributed by atoms with E-state index in [4.69, 9.17) is 32.4 Å². The van der Waals surface area contributed by atoms with Gasteiger partial charge in [-0.15, -0.1) is 0 Å². The Hall–Kier alpha value is -1.82. The number of aromatic nitrogens is 2. The highest BCUT2D eigenvalue weighted by Crippen LogP contribution is 2.42. The molecule has 1 atom stereocenters. The highest BCUT2D eigenvalue weighted by molar-refractivity contribution is 7.80. The van der Waals surface area contributed by atoms with Crippen LogP contribution in [-0.4, -0.2) is 28.8 Å². The molecule has 6 heteroatoms. The summed E-state index contributed by atoms with van der Waals surface area (Å²) >= 11 is 5.13. The van der Waals surface area contributed by atoms with Gasteiger partial charge in [-0.2, -0.15) is 0 Å². The van der Waals surface area contributed by atoms with Crippen molar-refractivity contribution < 1.29 is 9.47 Å². The Morgan fingerprint density at radius 3 is 2.55 bits per heavy atom. The summed E-state index contributed by atoms with van der Waals surface area (Å²) in [6.07, 6.45) is 2.39. The second kappa shape index (κ2) is 5.76. The monoisotopic (exact) mass is 319 g/mol. The van der Waals surface area contributed by atoms with E-state index in [2.05, 4.69) is 4.57 Å². The lowest BCUT2D eigenvalue weighted by Crippen LogP contribution is -2.23. The maximum Gasteiger partial charge on any atom is 0.163 e. The molecular formula is C16H21N3O2S. The number of thiocarbonyl (C=S) groups is 1. The van der Waals surface area contributed by atoms with Crippen LogP contribution in [0.1, 0.15) is 31.5 Å². The summed E-state index contributed by atoms with van der Waals surface area (Å²) in [6, 6.07) is 3.92. The number of imidazole rings is 1. The fourth-order valence-corrected chi connectivity index (χ4v) is 2.75. The topological polar surface area (TPSA) is 62.3 Å². The lowest BCUT2D eigenvalue weighted by atomic mass is 10.1. The molecule has 0 spiro atoms. The molecule has 1 aliphatic carbocycles. The second-order valence-electron chi connectivity index (χ2n) is 5.85. The molecular weight excluding hydrogens is 298 g/mol. The zero-order valence-electron chi connectivity index (χ0n) is 13.1. The molecule has 5 nitrogen and oxygen atoms in total. The third kappa shape index (κ3) is 2.63. The minimum atomic E-state index is 0.123. The first-order valence-electron chi connectivity index (χ1n) is 7.46. The van der Waals surface area contributed by atoms with E-state index in [9.17, 15) is 0 Å². The van der Waals surface area contributed by atoms with E-state index < -0.39 is 0 Å². The number of methoxy groups -OCH3 is 2. The van der Waals surface area contributed by atoms with Gasteiger partial charge in [0.05, 0.1) is 30.2 Å². The van der Waals surface area contributed by atoms with E-state index >= 15 is 0 Å². The Kier molecular flexibility index (Phi) is 3.95. The molecule has 1 aliphatic rings. The Labute approximate surface area is 135 Å². The van der Waals surface area contributed by atoms with Crippen molar-refractivity contribution in [3.8, 4) is 11.5 Å². The van der Waals surface area contributed by atoms with Crippen LogP contribution in [0.4, 0.5) is 0 Å². The fraction of sp³-hybridized carbons (Fsp3) is 0.500. The third-order valence-electron chi connectivity index (χ3n) is 4.17. The molecule has 1 fully saturated rings. The van der Waals surface area contributed by atoms with Crippen molar-refractivity contribution in [3.05, 3.63) is 18.0 Å². The molecule has 0 radical (unpaired) electrons. The second-order valence-corrected chi connectivity index (χ2v) is 6.33. The Morgan fingerprint density at radius 1 is 1.36 bits per heavy atom. The Balaban J connectivity index is 2.13. The van der Waals surface area contributed by atoms with Crippen molar-refractivity contribution in [1.82, 2.24) is 9.55 Å². The van der Waals surface area contributed by atoms with E-state index in [1.54, 1.807) is 14.2 Å². The van der Waals surface area contributed by atoms with Crippen LogP contribution in [0, 0.1) is 5.92 Å². The molecule has 1 aromatic heterocycles. The molecule has 0 saturated heterocycles. The number of nitrogens with zero attached hydrogens (tertiary/aromatic N) is 2. The number of fused-ring (bicyclic) bond motifs is 1. The van der Waals surface area contributed by atoms with Crippen LogP contribution in [0.5, 0.6) is 11.5 Å². The van der Waals surface area contributed by atoms with Crippen molar-refractivity contribution >= 4 is 28.2 Å². The van der Waals surface area contributed by atoms with E-state index in [0.29, 0.717) is 22.4 Å². The first-order valence-corrected chi connectivity index (χ1v) is 7.87. The molecule has 1 saturated carbocycles. The molecule has 2 N–H and O–H groups in total. The van der Waals surface area contributed by atoms with Crippen LogP contribution < -0.4 is 15.2 Å². The van der Waals surface area contributed by atoms with Crippen LogP contribution in [0.2, 0.25) is 0 Å². The smallest absolute Gasteiger partial charge is 0.163 e. The average Bonchev–Trinajstić information content (AvgIpc) is 3.29. The standard InChI is InChI=1S/C16H21N3O2S/c1-9(15(17)22)8-19-12-7-14(21-3)13(20-2)6-11(12)18-16(19)10-4-5-10/h6-7,9-10H,4-5,8H2,1-3H3,(H2,17,22). The molecule has 1 heterocycles. The van der Waals surface area contributed by atoms with Crippen LogP contribution in [-0.2, 0) is 6.54 Å². The normalized spacial score (nSPS) is 15.8. The summed E-state index contributed by atoms with van der Waals surface area (Å²) in [7, 11) is 3.28. The largest absolute Gasteiger partial charge is 0.493 e. The van der Waals surface area contributed by atoms with Gasteiger partial charge in [0.2, 0.25) is 0 Å². The molecule has 0 aliphatic heterocycles. The molecule has 1 unspecified atom stereocenters. The van der Waals surface area contributed by atoms with Crippen molar-refractivity contribution in [2.45, 2.75) is 32.2 Å². The zero-order chi connectivity index (χ0) is 15.9. The molecule has 0 bridgehead atoms. The van der Waals surface area contributed by atoms with Gasteiger partial charge in [-0.3, -0.25) is 0 Å². The van der Waals surface area contributed by atoms with Crippen LogP contribution in [0.15, 0.2) is 12.1 Å². The third-order valence-corrected chi connectivity index (χ3v) is 4.57. The number of nitrogens with two attached hydrogens (primary N) is 1. The van der Waals surface area contributed by atoms with Crippen molar-refractivity contribution in [2.24, 2.45) is 11.7 Å². The summed E-state index contributed by atoms with van der Waals surface area (Å²) in [6.45, 7) is 2.79. The molecule has 1 aromatic carbocycles. The summed E-state index contributed by atoms with van der Waals surface area (Å²) < 4.78 is 13.0. The molecule has 118 valence electrons. The Morgan fingerprint density at radius 2 is 2.00 bits per heavy atom. The van der Waals surface area contributed by atoms with Gasteiger partial charge in [0, 0.05) is 30.5 Å². The number of ether oxygens (including phenoxy) is 2.